The Hall–Kier alpha value is -1.44. The van der Waals surface area contributed by atoms with E-state index in [0.717, 1.165) is 5.75 Å². The molecule has 3 aliphatic rings. The molecule has 3 heterocycles. The molecule has 3 fully saturated rings. The van der Waals surface area contributed by atoms with Crippen molar-refractivity contribution >= 4 is 29.7 Å². The second kappa shape index (κ2) is 5.58. The van der Waals surface area contributed by atoms with Gasteiger partial charge in [-0.15, -0.1) is 11.8 Å². The van der Waals surface area contributed by atoms with Crippen molar-refractivity contribution in [2.45, 2.75) is 37.7 Å². The number of nitrogens with zero attached hydrogens (tertiary/aromatic N) is 2. The summed E-state index contributed by atoms with van der Waals surface area (Å²) in [5.74, 6) is -0.0113. The number of rotatable bonds is 1. The van der Waals surface area contributed by atoms with E-state index in [0.29, 0.717) is 32.6 Å². The van der Waals surface area contributed by atoms with E-state index in [9.17, 15) is 14.4 Å². The molecule has 3 amide bonds. The molecule has 0 radical (unpaired) electrons. The molecule has 0 aromatic rings. The molecule has 0 bridgehead atoms. The monoisotopic (exact) mass is 341 g/mol. The largest absolute Gasteiger partial charge is 0.444 e. The Labute approximate surface area is 140 Å². The number of carbonyl (C=O) groups is 3. The molecule has 0 saturated carbocycles. The predicted octanol–water partition coefficient (Wildman–Crippen LogP) is 0.645. The molecular weight excluding hydrogens is 318 g/mol. The first-order chi connectivity index (χ1) is 10.7. The summed E-state index contributed by atoms with van der Waals surface area (Å²) in [6.07, 6.45) is 0.215. The van der Waals surface area contributed by atoms with Gasteiger partial charge < -0.3 is 19.9 Å². The van der Waals surface area contributed by atoms with Crippen molar-refractivity contribution in [1.82, 2.24) is 15.1 Å². The predicted molar refractivity (Wildman–Crippen MR) is 85.8 cm³/mol. The molecule has 1 atom stereocenters. The zero-order valence-corrected chi connectivity index (χ0v) is 14.6. The van der Waals surface area contributed by atoms with Crippen molar-refractivity contribution in [1.29, 1.82) is 0 Å². The summed E-state index contributed by atoms with van der Waals surface area (Å²) in [5.41, 5.74) is -0.528. The fourth-order valence-electron chi connectivity index (χ4n) is 3.21. The van der Waals surface area contributed by atoms with E-state index >= 15 is 0 Å². The van der Waals surface area contributed by atoms with Crippen LogP contribution in [-0.2, 0) is 14.3 Å². The Morgan fingerprint density at radius 2 is 2.04 bits per heavy atom. The number of nitrogens with one attached hydrogen (secondary N) is 1. The van der Waals surface area contributed by atoms with E-state index in [2.05, 4.69) is 5.32 Å². The highest BCUT2D eigenvalue weighted by Crippen LogP contribution is 2.44. The van der Waals surface area contributed by atoms with Crippen molar-refractivity contribution < 1.29 is 19.1 Å². The summed E-state index contributed by atoms with van der Waals surface area (Å²) in [4.78, 5) is 39.6. The zero-order valence-electron chi connectivity index (χ0n) is 13.8. The fraction of sp³-hybridized carbons (Fsp3) is 0.800. The highest BCUT2D eigenvalue weighted by molar-refractivity contribution is 8.01. The van der Waals surface area contributed by atoms with E-state index < -0.39 is 11.5 Å². The number of thioether (sulfide) groups is 1. The molecule has 1 N–H and O–H groups in total. The Morgan fingerprint density at radius 1 is 1.35 bits per heavy atom. The molecule has 128 valence electrons. The maximum atomic E-state index is 12.7. The van der Waals surface area contributed by atoms with Crippen molar-refractivity contribution in [2.24, 2.45) is 5.92 Å². The topological polar surface area (TPSA) is 79.0 Å². The summed E-state index contributed by atoms with van der Waals surface area (Å²) in [7, 11) is 0. The minimum atomic E-state index is -0.568. The van der Waals surface area contributed by atoms with Crippen LogP contribution >= 0.6 is 11.8 Å². The number of likely N-dealkylation sites (tertiary alicyclic amines) is 1. The first-order valence-corrected chi connectivity index (χ1v) is 8.91. The lowest BCUT2D eigenvalue weighted by Crippen LogP contribution is -2.69. The molecule has 3 saturated heterocycles. The molecule has 3 aliphatic heterocycles. The van der Waals surface area contributed by atoms with Crippen LogP contribution in [0.5, 0.6) is 0 Å². The first kappa shape index (κ1) is 16.4. The zero-order chi connectivity index (χ0) is 16.8. The maximum absolute atomic E-state index is 12.7. The summed E-state index contributed by atoms with van der Waals surface area (Å²) in [6, 6.07) is 0. The van der Waals surface area contributed by atoms with Crippen LogP contribution in [0.15, 0.2) is 0 Å². The number of hydrogen-bond acceptors (Lipinski definition) is 5. The highest BCUT2D eigenvalue weighted by Gasteiger charge is 2.56. The van der Waals surface area contributed by atoms with Gasteiger partial charge in [-0.1, -0.05) is 0 Å². The Balaban J connectivity index is 1.63. The normalized spacial score (nSPS) is 26.2. The third kappa shape index (κ3) is 3.00. The number of hydrogen-bond donors (Lipinski definition) is 1. The van der Waals surface area contributed by atoms with Gasteiger partial charge in [-0.2, -0.15) is 0 Å². The van der Waals surface area contributed by atoms with Gasteiger partial charge in [-0.3, -0.25) is 9.59 Å². The molecule has 0 aromatic heterocycles. The molecular formula is C15H23N3O4S. The van der Waals surface area contributed by atoms with Crippen LogP contribution in [-0.4, -0.2) is 70.1 Å². The molecule has 7 nitrogen and oxygen atoms in total. The maximum Gasteiger partial charge on any atom is 0.410 e. The SMILES string of the molecule is CC(C)(C)OC(=O)N1CC2(C1)SCCN2C(=O)C1CCNC1=O. The molecule has 23 heavy (non-hydrogen) atoms. The van der Waals surface area contributed by atoms with Gasteiger partial charge in [0.15, 0.2) is 0 Å². The average Bonchev–Trinajstić information content (AvgIpc) is 2.99. The highest BCUT2D eigenvalue weighted by atomic mass is 32.2. The van der Waals surface area contributed by atoms with Gasteiger partial charge in [0.2, 0.25) is 11.8 Å². The molecule has 0 aliphatic carbocycles. The molecule has 0 aromatic carbocycles. The van der Waals surface area contributed by atoms with Gasteiger partial charge >= 0.3 is 6.09 Å². The lowest BCUT2D eigenvalue weighted by atomic mass is 10.0. The van der Waals surface area contributed by atoms with E-state index in [1.165, 1.54) is 0 Å². The van der Waals surface area contributed by atoms with Crippen LogP contribution in [0, 0.1) is 5.92 Å². The smallest absolute Gasteiger partial charge is 0.410 e. The average molecular weight is 341 g/mol. The molecule has 1 spiro atoms. The molecule has 8 heteroatoms. The van der Waals surface area contributed by atoms with E-state index in [4.69, 9.17) is 4.74 Å². The van der Waals surface area contributed by atoms with Crippen LogP contribution in [0.2, 0.25) is 0 Å². The Kier molecular flexibility index (Phi) is 3.98. The van der Waals surface area contributed by atoms with Gasteiger partial charge in [0, 0.05) is 18.8 Å². The van der Waals surface area contributed by atoms with Crippen LogP contribution in [0.4, 0.5) is 4.79 Å². The third-order valence-corrected chi connectivity index (χ3v) is 5.72. The third-order valence-electron chi connectivity index (χ3n) is 4.32. The standard InChI is InChI=1S/C15H23N3O4S/c1-14(2,3)22-13(21)17-8-15(9-17)18(6-7-23-15)12(20)10-4-5-16-11(10)19/h10H,4-9H2,1-3H3,(H,16,19). The Morgan fingerprint density at radius 3 is 2.61 bits per heavy atom. The van der Waals surface area contributed by atoms with Crippen molar-refractivity contribution in [3.05, 3.63) is 0 Å². The quantitative estimate of drug-likeness (QED) is 0.708. The van der Waals surface area contributed by atoms with Crippen molar-refractivity contribution in [3.63, 3.8) is 0 Å². The lowest BCUT2D eigenvalue weighted by molar-refractivity contribution is -0.145. The van der Waals surface area contributed by atoms with E-state index in [1.807, 2.05) is 20.8 Å². The second-order valence-electron chi connectivity index (χ2n) is 7.25. The van der Waals surface area contributed by atoms with Gasteiger partial charge in [-0.05, 0) is 27.2 Å². The van der Waals surface area contributed by atoms with Crippen LogP contribution in [0.25, 0.3) is 0 Å². The molecule has 3 rings (SSSR count). The van der Waals surface area contributed by atoms with Gasteiger partial charge in [-0.25, -0.2) is 4.79 Å². The summed E-state index contributed by atoms with van der Waals surface area (Å²) in [6.45, 7) is 7.62. The van der Waals surface area contributed by atoms with Gasteiger partial charge in [0.25, 0.3) is 0 Å². The van der Waals surface area contributed by atoms with Crippen LogP contribution in [0.3, 0.4) is 0 Å². The van der Waals surface area contributed by atoms with E-state index in [1.54, 1.807) is 21.6 Å². The summed E-state index contributed by atoms with van der Waals surface area (Å²) >= 11 is 1.69. The van der Waals surface area contributed by atoms with Crippen molar-refractivity contribution in [2.75, 3.05) is 31.9 Å². The van der Waals surface area contributed by atoms with Gasteiger partial charge in [0.05, 0.1) is 13.1 Å². The number of ether oxygens (including phenoxy) is 1. The van der Waals surface area contributed by atoms with Crippen LogP contribution < -0.4 is 5.32 Å². The fourth-order valence-corrected chi connectivity index (χ4v) is 4.69. The lowest BCUT2D eigenvalue weighted by Gasteiger charge is -2.51. The minimum absolute atomic E-state index is 0.103. The summed E-state index contributed by atoms with van der Waals surface area (Å²) in [5, 5.41) is 2.71. The Bertz CT molecular complexity index is 539. The van der Waals surface area contributed by atoms with Crippen molar-refractivity contribution in [3.8, 4) is 0 Å². The number of carbonyl (C=O) groups excluding carboxylic acids is 3. The van der Waals surface area contributed by atoms with Gasteiger partial charge in [0.1, 0.15) is 16.4 Å². The number of amides is 3. The minimum Gasteiger partial charge on any atom is -0.444 e. The second-order valence-corrected chi connectivity index (χ2v) is 8.71. The summed E-state index contributed by atoms with van der Waals surface area (Å²) < 4.78 is 5.37. The van der Waals surface area contributed by atoms with E-state index in [-0.39, 0.29) is 22.8 Å². The molecule has 1 unspecified atom stereocenters. The van der Waals surface area contributed by atoms with Crippen LogP contribution in [0.1, 0.15) is 27.2 Å². The first-order valence-electron chi connectivity index (χ1n) is 7.93.